The van der Waals surface area contributed by atoms with Gasteiger partial charge in [0.2, 0.25) is 0 Å². The lowest BCUT2D eigenvalue weighted by molar-refractivity contribution is -0.236. The van der Waals surface area contributed by atoms with E-state index in [4.69, 9.17) is 10.00 Å². The van der Waals surface area contributed by atoms with Crippen LogP contribution in [0.5, 0.6) is 0 Å². The van der Waals surface area contributed by atoms with Gasteiger partial charge in [-0.2, -0.15) is 0 Å². The van der Waals surface area contributed by atoms with E-state index in [2.05, 4.69) is 40.7 Å². The number of phosphoric ester groups is 5. The summed E-state index contributed by atoms with van der Waals surface area (Å²) in [6.45, 7) is -1.21. The first kappa shape index (κ1) is 45.5. The largest absolute Gasteiger partial charge is 0.756 e. The van der Waals surface area contributed by atoms with Gasteiger partial charge in [-0.25, -0.2) is 0 Å². The van der Waals surface area contributed by atoms with Gasteiger partial charge >= 0.3 is 0 Å². The molecule has 0 aromatic carbocycles. The van der Waals surface area contributed by atoms with Crippen molar-refractivity contribution in [2.24, 2.45) is 17.8 Å². The second kappa shape index (κ2) is 22.3. The van der Waals surface area contributed by atoms with E-state index in [1.54, 1.807) is 20.8 Å². The van der Waals surface area contributed by atoms with Crippen molar-refractivity contribution in [2.75, 3.05) is 66.1 Å². The average Bonchev–Trinajstić information content (AvgIpc) is 2.93. The highest BCUT2D eigenvalue weighted by Crippen LogP contribution is 2.44. The highest BCUT2D eigenvalue weighted by molar-refractivity contribution is 7.46. The highest BCUT2D eigenvalue weighted by atomic mass is 31.2. The van der Waals surface area contributed by atoms with E-state index in [1.807, 2.05) is 0 Å². The fourth-order valence-corrected chi connectivity index (χ4v) is 6.06. The van der Waals surface area contributed by atoms with E-state index in [9.17, 15) is 47.3 Å². The van der Waals surface area contributed by atoms with Crippen LogP contribution in [0.4, 0.5) is 0 Å². The zero-order valence-corrected chi connectivity index (χ0v) is 29.3. The van der Waals surface area contributed by atoms with Crippen molar-refractivity contribution >= 4 is 39.1 Å². The molecule has 0 aliphatic heterocycles. The van der Waals surface area contributed by atoms with Crippen LogP contribution < -0.4 is 24.5 Å². The van der Waals surface area contributed by atoms with Crippen molar-refractivity contribution < 1.29 is 98.0 Å². The molecule has 0 saturated carbocycles. The molecule has 0 spiro atoms. The van der Waals surface area contributed by atoms with Crippen molar-refractivity contribution in [1.82, 2.24) is 0 Å². The molecule has 0 heterocycles. The minimum atomic E-state index is -5.01. The molecule has 0 rings (SSSR count). The summed E-state index contributed by atoms with van der Waals surface area (Å²) in [6, 6.07) is 0. The second-order valence-electron chi connectivity index (χ2n) is 9.07. The van der Waals surface area contributed by atoms with E-state index in [0.717, 1.165) is 0 Å². The molecule has 21 nitrogen and oxygen atoms in total. The fourth-order valence-electron chi connectivity index (χ4n) is 2.60. The number of hydrogen-bond donors (Lipinski definition) is 2. The van der Waals surface area contributed by atoms with Crippen molar-refractivity contribution in [2.45, 2.75) is 40.0 Å². The number of aliphatic hydroxyl groups is 1. The lowest BCUT2D eigenvalue weighted by Crippen LogP contribution is -2.21. The molecule has 0 aromatic heterocycles. The zero-order valence-electron chi connectivity index (χ0n) is 24.8. The SMILES string of the molecule is CCC(CO)COP(=O)([O-])OCCOP(=O)([O-])OCC(CC)COP(=O)([O-])OCCOP(=O)([O-])OCC(CC)COP(=O)([O-])O. The Morgan fingerprint density at radius 2 is 0.711 bits per heavy atom. The van der Waals surface area contributed by atoms with Crippen molar-refractivity contribution in [3.8, 4) is 0 Å². The Hall–Kier alpha value is 0.510. The van der Waals surface area contributed by atoms with Crippen LogP contribution in [0.2, 0.25) is 0 Å². The van der Waals surface area contributed by atoms with Crippen LogP contribution in [-0.4, -0.2) is 76.1 Å². The van der Waals surface area contributed by atoms with Gasteiger partial charge in [-0.3, -0.25) is 22.8 Å². The van der Waals surface area contributed by atoms with Crippen molar-refractivity contribution in [1.29, 1.82) is 0 Å². The van der Waals surface area contributed by atoms with Gasteiger partial charge in [0.1, 0.15) is 0 Å². The molecule has 0 bridgehead atoms. The monoisotopic (exact) mass is 759 g/mol. The highest BCUT2D eigenvalue weighted by Gasteiger charge is 2.20. The first-order valence-electron chi connectivity index (χ1n) is 13.4. The van der Waals surface area contributed by atoms with Gasteiger partial charge in [-0.05, 0) is 19.3 Å². The Morgan fingerprint density at radius 1 is 0.467 bits per heavy atom. The molecule has 0 radical (unpaired) electrons. The van der Waals surface area contributed by atoms with Crippen LogP contribution in [0.3, 0.4) is 0 Å². The molecule has 0 fully saturated rings. The molecule has 0 saturated heterocycles. The molecule has 8 atom stereocenters. The van der Waals surface area contributed by atoms with Gasteiger partial charge in [0.25, 0.3) is 39.1 Å². The summed E-state index contributed by atoms with van der Waals surface area (Å²) < 4.78 is 98.5. The van der Waals surface area contributed by atoms with E-state index in [-0.39, 0.29) is 26.1 Å². The van der Waals surface area contributed by atoms with Crippen molar-refractivity contribution in [3.63, 3.8) is 0 Å². The van der Waals surface area contributed by atoms with E-state index >= 15 is 0 Å². The second-order valence-corrected chi connectivity index (χ2v) is 15.9. The Balaban J connectivity index is 4.42. The molecule has 0 amide bonds. The van der Waals surface area contributed by atoms with Gasteiger partial charge in [0.15, 0.2) is 0 Å². The van der Waals surface area contributed by atoms with Crippen molar-refractivity contribution in [3.05, 3.63) is 0 Å². The Kier molecular flexibility index (Phi) is 22.5. The van der Waals surface area contributed by atoms with Crippen LogP contribution in [0.25, 0.3) is 0 Å². The summed E-state index contributed by atoms with van der Waals surface area (Å²) in [5, 5.41) is 9.04. The van der Waals surface area contributed by atoms with Gasteiger partial charge in [-0.15, -0.1) is 0 Å². The summed E-state index contributed by atoms with van der Waals surface area (Å²) in [5.74, 6) is -1.99. The molecule has 8 unspecified atom stereocenters. The molecular formula is C19H40O21P5-5. The van der Waals surface area contributed by atoms with Gasteiger partial charge in [-0.1, -0.05) is 20.8 Å². The maximum Gasteiger partial charge on any atom is 0.267 e. The zero-order chi connectivity index (χ0) is 34.8. The molecule has 0 aliphatic rings. The van der Waals surface area contributed by atoms with Crippen LogP contribution in [0.15, 0.2) is 0 Å². The van der Waals surface area contributed by atoms with Gasteiger partial charge < -0.3 is 75.2 Å². The number of rotatable bonds is 29. The molecule has 2 N–H and O–H groups in total. The third-order valence-corrected chi connectivity index (χ3v) is 9.83. The molecule has 0 aliphatic carbocycles. The molecule has 272 valence electrons. The smallest absolute Gasteiger partial charge is 0.267 e. The lowest BCUT2D eigenvalue weighted by atomic mass is 10.1. The van der Waals surface area contributed by atoms with Gasteiger partial charge in [0.05, 0.1) is 59.5 Å². The van der Waals surface area contributed by atoms with Crippen LogP contribution in [0, 0.1) is 17.8 Å². The topological polar surface area (TPSA) is 324 Å². The maximum atomic E-state index is 12.0. The van der Waals surface area contributed by atoms with E-state index in [0.29, 0.717) is 6.42 Å². The Labute approximate surface area is 261 Å². The Morgan fingerprint density at radius 3 is 0.933 bits per heavy atom. The average molecular weight is 759 g/mol. The van der Waals surface area contributed by atoms with E-state index in [1.165, 1.54) is 0 Å². The Bertz CT molecular complexity index is 1050. The summed E-state index contributed by atoms with van der Waals surface area (Å²) in [5.41, 5.74) is 0. The quantitative estimate of drug-likeness (QED) is 0.0719. The van der Waals surface area contributed by atoms with Crippen LogP contribution >= 0.6 is 39.1 Å². The number of phosphoric acid groups is 5. The third-order valence-electron chi connectivity index (χ3n) is 5.50. The van der Waals surface area contributed by atoms with E-state index < -0.39 is 110 Å². The minimum absolute atomic E-state index is 0.167. The predicted octanol–water partition coefficient (Wildman–Crippen LogP) is -0.459. The van der Waals surface area contributed by atoms with Crippen LogP contribution in [0.1, 0.15) is 40.0 Å². The molecule has 0 aromatic rings. The normalized spacial score (nSPS) is 21.0. The molecular weight excluding hydrogens is 719 g/mol. The predicted molar refractivity (Wildman–Crippen MR) is 142 cm³/mol. The maximum absolute atomic E-state index is 12.0. The number of hydrogen-bond acceptors (Lipinski definition) is 20. The first-order chi connectivity index (χ1) is 20.7. The van der Waals surface area contributed by atoms with Gasteiger partial charge in [0, 0.05) is 24.4 Å². The summed E-state index contributed by atoms with van der Waals surface area (Å²) in [6.07, 6.45) is 0.830. The third kappa shape index (κ3) is 25.2. The summed E-state index contributed by atoms with van der Waals surface area (Å²) >= 11 is 0. The van der Waals surface area contributed by atoms with Crippen LogP contribution in [-0.2, 0) is 63.5 Å². The first-order valence-corrected chi connectivity index (χ1v) is 20.7. The molecule has 26 heteroatoms. The minimum Gasteiger partial charge on any atom is -0.756 e. The fraction of sp³-hybridized carbons (Fsp3) is 1.00. The molecule has 45 heavy (non-hydrogen) atoms. The standard InChI is InChI=1S/C19H45O21P5/c1-4-17(11-20)12-37-42(24,25)32-7-8-34-44(28,29)39-15-19(6-3)16-40-45(30,31)35-10-9-33-43(26,27)38-14-18(5-2)13-36-41(21,22)23/h17-20H,4-16H2,1-3H3,(H,24,25)(H,26,27)(H,28,29)(H,30,31)(H2,21,22,23)/p-5. The summed E-state index contributed by atoms with van der Waals surface area (Å²) in [7, 11) is -24.7. The lowest BCUT2D eigenvalue weighted by Gasteiger charge is -2.29. The number of aliphatic hydroxyl groups excluding tert-OH is 1. The summed E-state index contributed by atoms with van der Waals surface area (Å²) in [4.78, 5) is 66.6.